The molecule has 0 aromatic heterocycles. The van der Waals surface area contributed by atoms with Crippen LogP contribution in [0.4, 0.5) is 16.2 Å². The molecule has 1 aromatic rings. The number of imide groups is 1. The number of benzene rings is 1. The van der Waals surface area contributed by atoms with E-state index in [1.165, 1.54) is 6.92 Å². The lowest BCUT2D eigenvalue weighted by molar-refractivity contribution is -0.136. The zero-order valence-electron chi connectivity index (χ0n) is 14.9. The van der Waals surface area contributed by atoms with Gasteiger partial charge in [-0.2, -0.15) is 0 Å². The Bertz CT molecular complexity index is 839. The van der Waals surface area contributed by atoms with Crippen molar-refractivity contribution >= 4 is 35.2 Å². The van der Waals surface area contributed by atoms with Crippen LogP contribution in [0.1, 0.15) is 30.1 Å². The maximum atomic E-state index is 12.4. The molecule has 0 radical (unpaired) electrons. The molecular weight excluding hydrogens is 352 g/mol. The summed E-state index contributed by atoms with van der Waals surface area (Å²) in [6.07, 6.45) is 0.680. The number of hydrogen-bond donors (Lipinski definition) is 2. The Labute approximate surface area is 155 Å². The van der Waals surface area contributed by atoms with Gasteiger partial charge in [0.15, 0.2) is 6.10 Å². The van der Waals surface area contributed by atoms with E-state index < -0.39 is 24.0 Å². The van der Waals surface area contributed by atoms with Gasteiger partial charge in [-0.25, -0.2) is 9.59 Å². The smallest absolute Gasteiger partial charge is 0.338 e. The van der Waals surface area contributed by atoms with Crippen LogP contribution in [0.5, 0.6) is 0 Å². The zero-order chi connectivity index (χ0) is 19.1. The molecule has 0 saturated carbocycles. The summed E-state index contributed by atoms with van der Waals surface area (Å²) >= 11 is 0. The molecule has 0 bridgehead atoms. The van der Waals surface area contributed by atoms with Gasteiger partial charge in [0.05, 0.1) is 16.9 Å². The van der Waals surface area contributed by atoms with Gasteiger partial charge in [0.2, 0.25) is 5.91 Å². The molecule has 4 amide bonds. The predicted octanol–water partition coefficient (Wildman–Crippen LogP) is 0.705. The number of anilines is 2. The van der Waals surface area contributed by atoms with Gasteiger partial charge in [-0.3, -0.25) is 14.5 Å². The Balaban J connectivity index is 1.48. The van der Waals surface area contributed by atoms with Crippen LogP contribution in [-0.2, 0) is 14.3 Å². The minimum atomic E-state index is -1.09. The Morgan fingerprint density at radius 1 is 1.26 bits per heavy atom. The second kappa shape index (κ2) is 6.57. The normalized spacial score (nSPS) is 21.9. The highest BCUT2D eigenvalue weighted by Gasteiger charge is 2.37. The zero-order valence-corrected chi connectivity index (χ0v) is 14.9. The number of ether oxygens (including phenoxy) is 1. The van der Waals surface area contributed by atoms with Crippen molar-refractivity contribution in [3.63, 3.8) is 0 Å². The van der Waals surface area contributed by atoms with Crippen LogP contribution in [0, 0.1) is 0 Å². The van der Waals surface area contributed by atoms with E-state index in [0.29, 0.717) is 12.2 Å². The molecule has 142 valence electrons. The van der Waals surface area contributed by atoms with E-state index in [-0.39, 0.29) is 24.1 Å². The minimum absolute atomic E-state index is 0.0749. The maximum Gasteiger partial charge on any atom is 0.338 e. The first-order chi connectivity index (χ1) is 13.0. The summed E-state index contributed by atoms with van der Waals surface area (Å²) in [5, 5.41) is 5.36. The third-order valence-corrected chi connectivity index (χ3v) is 5.11. The van der Waals surface area contributed by atoms with Crippen molar-refractivity contribution in [1.29, 1.82) is 0 Å². The lowest BCUT2D eigenvalue weighted by atomic mass is 10.1. The molecule has 4 rings (SSSR count). The summed E-state index contributed by atoms with van der Waals surface area (Å²) in [5.41, 5.74) is 1.68. The van der Waals surface area contributed by atoms with Crippen molar-refractivity contribution in [3.05, 3.63) is 23.8 Å². The SMILES string of the molecule is C[C@@H](OC(=O)c1ccc2c(c1)NC(=O)[C@@H]1CCCN21)C(=O)N1CCNC1=O. The molecule has 9 heteroatoms. The van der Waals surface area contributed by atoms with Crippen LogP contribution in [0.15, 0.2) is 18.2 Å². The van der Waals surface area contributed by atoms with Crippen molar-refractivity contribution in [3.8, 4) is 0 Å². The molecule has 2 saturated heterocycles. The van der Waals surface area contributed by atoms with Crippen molar-refractivity contribution in [2.24, 2.45) is 0 Å². The lowest BCUT2D eigenvalue weighted by Crippen LogP contribution is -2.44. The molecule has 2 fully saturated rings. The number of hydrogen-bond acceptors (Lipinski definition) is 6. The average Bonchev–Trinajstić information content (AvgIpc) is 3.30. The van der Waals surface area contributed by atoms with Crippen molar-refractivity contribution in [1.82, 2.24) is 10.2 Å². The van der Waals surface area contributed by atoms with Crippen LogP contribution in [0.3, 0.4) is 0 Å². The molecule has 3 aliphatic heterocycles. The number of esters is 1. The Kier molecular flexibility index (Phi) is 4.21. The fourth-order valence-electron chi connectivity index (χ4n) is 3.74. The number of carbonyl (C=O) groups is 4. The fourth-order valence-corrected chi connectivity index (χ4v) is 3.74. The quantitative estimate of drug-likeness (QED) is 0.757. The van der Waals surface area contributed by atoms with Crippen LogP contribution in [0.2, 0.25) is 0 Å². The number of nitrogens with one attached hydrogen (secondary N) is 2. The Morgan fingerprint density at radius 2 is 2.07 bits per heavy atom. The number of urea groups is 1. The first-order valence-electron chi connectivity index (χ1n) is 8.97. The summed E-state index contributed by atoms with van der Waals surface area (Å²) < 4.78 is 5.23. The molecule has 0 spiro atoms. The summed E-state index contributed by atoms with van der Waals surface area (Å²) in [4.78, 5) is 51.5. The highest BCUT2D eigenvalue weighted by molar-refractivity contribution is 6.06. The number of fused-ring (bicyclic) bond motifs is 3. The maximum absolute atomic E-state index is 12.4. The largest absolute Gasteiger partial charge is 0.449 e. The lowest BCUT2D eigenvalue weighted by Gasteiger charge is -2.33. The Morgan fingerprint density at radius 3 is 2.81 bits per heavy atom. The summed E-state index contributed by atoms with van der Waals surface area (Å²) in [6, 6.07) is 4.32. The number of amides is 4. The molecule has 0 aliphatic carbocycles. The van der Waals surface area contributed by atoms with E-state index >= 15 is 0 Å². The highest BCUT2D eigenvalue weighted by Crippen LogP contribution is 2.37. The van der Waals surface area contributed by atoms with E-state index in [4.69, 9.17) is 4.74 Å². The van der Waals surface area contributed by atoms with E-state index in [1.54, 1.807) is 18.2 Å². The summed E-state index contributed by atoms with van der Waals surface area (Å²) in [5.74, 6) is -1.32. The molecule has 9 nitrogen and oxygen atoms in total. The van der Waals surface area contributed by atoms with Gasteiger partial charge in [-0.1, -0.05) is 0 Å². The van der Waals surface area contributed by atoms with Gasteiger partial charge in [-0.15, -0.1) is 0 Å². The van der Waals surface area contributed by atoms with Gasteiger partial charge < -0.3 is 20.3 Å². The summed E-state index contributed by atoms with van der Waals surface area (Å²) in [7, 11) is 0. The van der Waals surface area contributed by atoms with Gasteiger partial charge in [0.25, 0.3) is 5.91 Å². The predicted molar refractivity (Wildman–Crippen MR) is 95.4 cm³/mol. The van der Waals surface area contributed by atoms with Gasteiger partial charge in [0.1, 0.15) is 6.04 Å². The minimum Gasteiger partial charge on any atom is -0.449 e. The van der Waals surface area contributed by atoms with E-state index in [9.17, 15) is 19.2 Å². The topological polar surface area (TPSA) is 108 Å². The van der Waals surface area contributed by atoms with Crippen molar-refractivity contribution < 1.29 is 23.9 Å². The molecule has 0 unspecified atom stereocenters. The number of rotatable bonds is 3. The average molecular weight is 372 g/mol. The highest BCUT2D eigenvalue weighted by atomic mass is 16.5. The molecule has 2 N–H and O–H groups in total. The number of nitrogens with zero attached hydrogens (tertiary/aromatic N) is 2. The molecule has 3 heterocycles. The second-order valence-corrected chi connectivity index (χ2v) is 6.84. The van der Waals surface area contributed by atoms with E-state index in [0.717, 1.165) is 30.0 Å². The van der Waals surface area contributed by atoms with E-state index in [1.807, 2.05) is 4.90 Å². The Hall–Kier alpha value is -3.10. The second-order valence-electron chi connectivity index (χ2n) is 6.84. The molecule has 1 aromatic carbocycles. The fraction of sp³-hybridized carbons (Fsp3) is 0.444. The van der Waals surface area contributed by atoms with Crippen LogP contribution in [-0.4, -0.2) is 60.5 Å². The van der Waals surface area contributed by atoms with Crippen LogP contribution < -0.4 is 15.5 Å². The molecule has 27 heavy (non-hydrogen) atoms. The molecule has 2 atom stereocenters. The number of carbonyl (C=O) groups excluding carboxylic acids is 4. The van der Waals surface area contributed by atoms with Gasteiger partial charge >= 0.3 is 12.0 Å². The van der Waals surface area contributed by atoms with Crippen molar-refractivity contribution in [2.45, 2.75) is 31.9 Å². The third-order valence-electron chi connectivity index (χ3n) is 5.11. The van der Waals surface area contributed by atoms with Crippen molar-refractivity contribution in [2.75, 3.05) is 29.9 Å². The van der Waals surface area contributed by atoms with Gasteiger partial charge in [-0.05, 0) is 38.0 Å². The molecular formula is C18H20N4O5. The third kappa shape index (κ3) is 2.98. The van der Waals surface area contributed by atoms with E-state index in [2.05, 4.69) is 10.6 Å². The van der Waals surface area contributed by atoms with Crippen LogP contribution >= 0.6 is 0 Å². The molecule has 3 aliphatic rings. The first kappa shape index (κ1) is 17.3. The van der Waals surface area contributed by atoms with Crippen LogP contribution in [0.25, 0.3) is 0 Å². The van der Waals surface area contributed by atoms with Gasteiger partial charge in [0, 0.05) is 19.6 Å². The standard InChI is InChI=1S/C18H20N4O5/c1-10(16(24)22-8-6-19-18(22)26)27-17(25)11-4-5-13-12(9-11)20-15(23)14-3-2-7-21(13)14/h4-5,9-10,14H,2-3,6-8H2,1H3,(H,19,26)(H,20,23)/t10-,14+/m1/s1. The summed E-state index contributed by atoms with van der Waals surface area (Å²) in [6.45, 7) is 2.87. The monoisotopic (exact) mass is 372 g/mol. The first-order valence-corrected chi connectivity index (χ1v) is 8.97.